The van der Waals surface area contributed by atoms with Crippen LogP contribution in [0.25, 0.3) is 11.0 Å². The number of aromatic nitrogens is 3. The highest BCUT2D eigenvalue weighted by Gasteiger charge is 2.28. The topological polar surface area (TPSA) is 89.2 Å². The number of pyridine rings is 1. The lowest BCUT2D eigenvalue weighted by molar-refractivity contribution is 0.358. The van der Waals surface area contributed by atoms with E-state index in [2.05, 4.69) is 13.7 Å². The van der Waals surface area contributed by atoms with Crippen LogP contribution in [-0.2, 0) is 23.1 Å². The largest absolute Gasteiger partial charge is 0.468 e. The van der Waals surface area contributed by atoms with E-state index in [-0.39, 0.29) is 18.0 Å². The summed E-state index contributed by atoms with van der Waals surface area (Å²) >= 11 is 0.993. The van der Waals surface area contributed by atoms with Crippen molar-refractivity contribution in [3.8, 4) is 0 Å². The minimum absolute atomic E-state index is 0.109. The number of fused-ring (bicyclic) bond motifs is 1. The zero-order valence-corrected chi connectivity index (χ0v) is 15.2. The van der Waals surface area contributed by atoms with Gasteiger partial charge in [0.15, 0.2) is 0 Å². The van der Waals surface area contributed by atoms with Crippen LogP contribution >= 0.6 is 11.7 Å². The SMILES string of the molecule is O=S(=O)(c1cccc2nsnc12)N(Cc1cccnc1)Cc1ccco1. The summed E-state index contributed by atoms with van der Waals surface area (Å²) in [4.78, 5) is 4.20. The van der Waals surface area contributed by atoms with Crippen LogP contribution in [0.5, 0.6) is 0 Å². The van der Waals surface area contributed by atoms with Gasteiger partial charge in [0.2, 0.25) is 10.0 Å². The van der Waals surface area contributed by atoms with Crippen molar-refractivity contribution in [1.29, 1.82) is 0 Å². The van der Waals surface area contributed by atoms with Crippen molar-refractivity contribution < 1.29 is 12.8 Å². The Kier molecular flexibility index (Phi) is 4.49. The second-order valence-electron chi connectivity index (χ2n) is 5.60. The van der Waals surface area contributed by atoms with Gasteiger partial charge in [-0.1, -0.05) is 12.1 Å². The Morgan fingerprint density at radius 2 is 1.96 bits per heavy atom. The van der Waals surface area contributed by atoms with Gasteiger partial charge >= 0.3 is 0 Å². The van der Waals surface area contributed by atoms with Gasteiger partial charge in [0.25, 0.3) is 0 Å². The zero-order valence-electron chi connectivity index (χ0n) is 13.5. The third kappa shape index (κ3) is 3.24. The standard InChI is InChI=1S/C17H14N4O3S2/c22-26(23,16-7-1-6-15-17(16)20-25-19-15)21(12-14-5-3-9-24-14)11-13-4-2-8-18-10-13/h1-10H,11-12H2. The molecule has 26 heavy (non-hydrogen) atoms. The van der Waals surface area contributed by atoms with E-state index in [9.17, 15) is 8.42 Å². The molecule has 0 spiro atoms. The lowest BCUT2D eigenvalue weighted by Gasteiger charge is -2.21. The van der Waals surface area contributed by atoms with Gasteiger partial charge in [0, 0.05) is 18.9 Å². The van der Waals surface area contributed by atoms with E-state index >= 15 is 0 Å². The predicted molar refractivity (Wildman–Crippen MR) is 96.8 cm³/mol. The molecule has 0 aliphatic rings. The molecule has 0 amide bonds. The average molecular weight is 386 g/mol. The zero-order chi connectivity index (χ0) is 18.0. The number of benzene rings is 1. The highest BCUT2D eigenvalue weighted by Crippen LogP contribution is 2.26. The molecule has 0 atom stereocenters. The van der Waals surface area contributed by atoms with Crippen LogP contribution in [0.2, 0.25) is 0 Å². The number of hydrogen-bond donors (Lipinski definition) is 0. The molecule has 0 saturated carbocycles. The van der Waals surface area contributed by atoms with Crippen LogP contribution in [0.15, 0.2) is 70.4 Å². The van der Waals surface area contributed by atoms with Crippen LogP contribution < -0.4 is 0 Å². The fraction of sp³-hybridized carbons (Fsp3) is 0.118. The minimum atomic E-state index is -3.82. The molecule has 0 bridgehead atoms. The van der Waals surface area contributed by atoms with Crippen LogP contribution in [-0.4, -0.2) is 26.5 Å². The van der Waals surface area contributed by atoms with Gasteiger partial charge in [-0.3, -0.25) is 4.98 Å². The molecule has 9 heteroatoms. The van der Waals surface area contributed by atoms with Crippen molar-refractivity contribution in [2.45, 2.75) is 18.0 Å². The second kappa shape index (κ2) is 6.94. The summed E-state index contributed by atoms with van der Waals surface area (Å²) in [5.41, 5.74) is 1.73. The number of nitrogens with zero attached hydrogens (tertiary/aromatic N) is 4. The first-order valence-electron chi connectivity index (χ1n) is 7.77. The van der Waals surface area contributed by atoms with E-state index in [0.29, 0.717) is 16.8 Å². The van der Waals surface area contributed by atoms with E-state index < -0.39 is 10.0 Å². The molecule has 4 aromatic rings. The first kappa shape index (κ1) is 16.8. The fourth-order valence-electron chi connectivity index (χ4n) is 2.63. The molecule has 7 nitrogen and oxygen atoms in total. The summed E-state index contributed by atoms with van der Waals surface area (Å²) in [5.74, 6) is 0.557. The van der Waals surface area contributed by atoms with Crippen molar-refractivity contribution in [3.63, 3.8) is 0 Å². The molecule has 0 aliphatic heterocycles. The summed E-state index contributed by atoms with van der Waals surface area (Å²) < 4.78 is 41.8. The normalized spacial score (nSPS) is 12.0. The molecule has 132 valence electrons. The first-order valence-corrected chi connectivity index (χ1v) is 9.94. The molecule has 0 radical (unpaired) electrons. The fourth-order valence-corrected chi connectivity index (χ4v) is 4.77. The Balaban J connectivity index is 1.77. The molecular formula is C17H14N4O3S2. The summed E-state index contributed by atoms with van der Waals surface area (Å²) in [6, 6.07) is 12.1. The van der Waals surface area contributed by atoms with Crippen LogP contribution in [0.4, 0.5) is 0 Å². The maximum atomic E-state index is 13.4. The highest BCUT2D eigenvalue weighted by atomic mass is 32.2. The molecular weight excluding hydrogens is 372 g/mol. The number of sulfonamides is 1. The van der Waals surface area contributed by atoms with Gasteiger partial charge in [0.05, 0.1) is 24.5 Å². The number of furan rings is 1. The lowest BCUT2D eigenvalue weighted by atomic mass is 10.3. The van der Waals surface area contributed by atoms with E-state index in [1.165, 1.54) is 10.6 Å². The van der Waals surface area contributed by atoms with Gasteiger partial charge in [-0.15, -0.1) is 0 Å². The smallest absolute Gasteiger partial charge is 0.246 e. The summed E-state index contributed by atoms with van der Waals surface area (Å²) in [6.45, 7) is 0.281. The van der Waals surface area contributed by atoms with Crippen LogP contribution in [0.1, 0.15) is 11.3 Å². The summed E-state index contributed by atoms with van der Waals surface area (Å²) in [5, 5.41) is 0. The minimum Gasteiger partial charge on any atom is -0.468 e. The van der Waals surface area contributed by atoms with Gasteiger partial charge in [-0.05, 0) is 35.9 Å². The lowest BCUT2D eigenvalue weighted by Crippen LogP contribution is -2.30. The Bertz CT molecular complexity index is 1110. The summed E-state index contributed by atoms with van der Waals surface area (Å²) in [7, 11) is -3.82. The number of hydrogen-bond acceptors (Lipinski definition) is 7. The highest BCUT2D eigenvalue weighted by molar-refractivity contribution is 7.89. The Labute approximate surface area is 154 Å². The third-order valence-corrected chi connectivity index (χ3v) is 6.23. The van der Waals surface area contributed by atoms with Gasteiger partial charge in [0.1, 0.15) is 21.7 Å². The maximum absolute atomic E-state index is 13.4. The molecule has 0 unspecified atom stereocenters. The van der Waals surface area contributed by atoms with Crippen molar-refractivity contribution >= 4 is 32.8 Å². The van der Waals surface area contributed by atoms with Crippen molar-refractivity contribution in [1.82, 2.24) is 18.0 Å². The van der Waals surface area contributed by atoms with E-state index in [4.69, 9.17) is 4.42 Å². The number of rotatable bonds is 6. The van der Waals surface area contributed by atoms with E-state index in [0.717, 1.165) is 17.3 Å². The van der Waals surface area contributed by atoms with Crippen LogP contribution in [0.3, 0.4) is 0 Å². The molecule has 1 aromatic carbocycles. The van der Waals surface area contributed by atoms with Gasteiger partial charge in [-0.2, -0.15) is 13.1 Å². The Hall–Kier alpha value is -2.62. The molecule has 4 rings (SSSR count). The Morgan fingerprint density at radius 1 is 1.04 bits per heavy atom. The van der Waals surface area contributed by atoms with Gasteiger partial charge < -0.3 is 4.42 Å². The quantitative estimate of drug-likeness (QED) is 0.506. The molecule has 0 N–H and O–H groups in total. The maximum Gasteiger partial charge on any atom is 0.246 e. The molecule has 0 fully saturated rings. The van der Waals surface area contributed by atoms with Crippen molar-refractivity contribution in [3.05, 3.63) is 72.4 Å². The third-order valence-electron chi connectivity index (χ3n) is 3.86. The van der Waals surface area contributed by atoms with Gasteiger partial charge in [-0.25, -0.2) is 8.42 Å². The average Bonchev–Trinajstić information content (AvgIpc) is 3.33. The summed E-state index contributed by atoms with van der Waals surface area (Å²) in [6.07, 6.45) is 4.82. The molecule has 3 aromatic heterocycles. The Morgan fingerprint density at radius 3 is 2.73 bits per heavy atom. The van der Waals surface area contributed by atoms with Crippen molar-refractivity contribution in [2.75, 3.05) is 0 Å². The van der Waals surface area contributed by atoms with Crippen molar-refractivity contribution in [2.24, 2.45) is 0 Å². The molecule has 0 aliphatic carbocycles. The molecule has 3 heterocycles. The molecule has 0 saturated heterocycles. The predicted octanol–water partition coefficient (Wildman–Crippen LogP) is 3.07. The first-order chi connectivity index (χ1) is 12.6. The monoisotopic (exact) mass is 386 g/mol. The van der Waals surface area contributed by atoms with E-state index in [1.54, 1.807) is 48.8 Å². The van der Waals surface area contributed by atoms with E-state index in [1.807, 2.05) is 6.07 Å². The second-order valence-corrected chi connectivity index (χ2v) is 8.04. The van der Waals surface area contributed by atoms with Crippen LogP contribution in [0, 0.1) is 0 Å².